The molecule has 1 saturated heterocycles. The lowest BCUT2D eigenvalue weighted by Crippen LogP contribution is -2.25. The molecule has 0 radical (unpaired) electrons. The molecule has 1 aromatic carbocycles. The lowest BCUT2D eigenvalue weighted by Gasteiger charge is -2.14. The Morgan fingerprint density at radius 3 is 2.13 bits per heavy atom. The number of nitrogens with zero attached hydrogens (tertiary/aromatic N) is 1. The molecule has 5 N–H and O–H groups in total. The summed E-state index contributed by atoms with van der Waals surface area (Å²) in [4.78, 5) is 21.4. The molecular weight excluding hydrogens is 300 g/mol. The second-order valence-electron chi connectivity index (χ2n) is 5.25. The molecule has 7 heteroatoms. The largest absolute Gasteiger partial charge is 0.478 e. The third-order valence-corrected chi connectivity index (χ3v) is 3.40. The fraction of sp³-hybridized carbons (Fsp3) is 0.375. The number of aliphatic hydroxyl groups is 1. The highest BCUT2D eigenvalue weighted by Crippen LogP contribution is 2.18. The van der Waals surface area contributed by atoms with Crippen molar-refractivity contribution in [3.63, 3.8) is 0 Å². The van der Waals surface area contributed by atoms with Gasteiger partial charge in [-0.1, -0.05) is 30.3 Å². The van der Waals surface area contributed by atoms with E-state index in [2.05, 4.69) is 17.0 Å². The number of carboxylic acids is 2. The van der Waals surface area contributed by atoms with Crippen molar-refractivity contribution in [1.29, 1.82) is 0 Å². The van der Waals surface area contributed by atoms with Crippen LogP contribution in [0, 0.1) is 5.92 Å². The van der Waals surface area contributed by atoms with Gasteiger partial charge in [-0.25, -0.2) is 9.59 Å². The minimum Gasteiger partial charge on any atom is -0.478 e. The van der Waals surface area contributed by atoms with Crippen LogP contribution in [0.5, 0.6) is 0 Å². The van der Waals surface area contributed by atoms with E-state index in [0.717, 1.165) is 19.6 Å². The van der Waals surface area contributed by atoms with Crippen LogP contribution in [0.25, 0.3) is 0 Å². The SMILES string of the molecule is NC[C@H]1CN(Cc2ccccc2)C[C@@H]1O.O=C(O)/C=C\C(=O)O. The van der Waals surface area contributed by atoms with E-state index >= 15 is 0 Å². The van der Waals surface area contributed by atoms with Crippen molar-refractivity contribution in [3.05, 3.63) is 48.0 Å². The van der Waals surface area contributed by atoms with Gasteiger partial charge in [0.15, 0.2) is 0 Å². The highest BCUT2D eigenvalue weighted by atomic mass is 16.4. The van der Waals surface area contributed by atoms with Gasteiger partial charge in [0.1, 0.15) is 0 Å². The zero-order valence-electron chi connectivity index (χ0n) is 12.7. The summed E-state index contributed by atoms with van der Waals surface area (Å²) >= 11 is 0. The summed E-state index contributed by atoms with van der Waals surface area (Å²) in [6.45, 7) is 3.14. The molecule has 0 spiro atoms. The molecule has 0 aliphatic carbocycles. The molecular formula is C16H22N2O5. The maximum Gasteiger partial charge on any atom is 0.328 e. The standard InChI is InChI=1S/C12H18N2O.C4H4O4/c13-6-11-8-14(9-12(11)15)7-10-4-2-1-3-5-10;5-3(6)1-2-4(7)8/h1-5,11-12,15H,6-9,13H2;1-2H,(H,5,6)(H,7,8)/b;2-1-/t11-,12-;/m0./s1. The molecule has 1 aliphatic rings. The third kappa shape index (κ3) is 7.55. The molecule has 0 saturated carbocycles. The van der Waals surface area contributed by atoms with E-state index in [1.807, 2.05) is 18.2 Å². The number of hydrogen-bond acceptors (Lipinski definition) is 5. The van der Waals surface area contributed by atoms with Crippen molar-refractivity contribution in [2.75, 3.05) is 19.6 Å². The van der Waals surface area contributed by atoms with E-state index in [1.54, 1.807) is 0 Å². The van der Waals surface area contributed by atoms with E-state index in [-0.39, 0.29) is 12.0 Å². The summed E-state index contributed by atoms with van der Waals surface area (Å²) < 4.78 is 0. The quantitative estimate of drug-likeness (QED) is 0.569. The first kappa shape index (κ1) is 18.8. The van der Waals surface area contributed by atoms with E-state index in [1.165, 1.54) is 5.56 Å². The van der Waals surface area contributed by atoms with E-state index in [0.29, 0.717) is 18.7 Å². The Labute approximate surface area is 134 Å². The summed E-state index contributed by atoms with van der Waals surface area (Å²) in [6, 6.07) is 10.3. The summed E-state index contributed by atoms with van der Waals surface area (Å²) in [7, 11) is 0. The maximum absolute atomic E-state index is 9.72. The van der Waals surface area contributed by atoms with Crippen LogP contribution >= 0.6 is 0 Å². The molecule has 1 heterocycles. The number of likely N-dealkylation sites (tertiary alicyclic amines) is 1. The van der Waals surface area contributed by atoms with Crippen molar-refractivity contribution in [2.24, 2.45) is 11.7 Å². The lowest BCUT2D eigenvalue weighted by atomic mass is 10.1. The summed E-state index contributed by atoms with van der Waals surface area (Å²) in [5.74, 6) is -2.27. The van der Waals surface area contributed by atoms with Crippen LogP contribution in [0.3, 0.4) is 0 Å². The maximum atomic E-state index is 9.72. The zero-order chi connectivity index (χ0) is 17.2. The number of carboxylic acid groups (broad SMARTS) is 2. The normalized spacial score (nSPS) is 21.0. The molecule has 23 heavy (non-hydrogen) atoms. The van der Waals surface area contributed by atoms with E-state index in [4.69, 9.17) is 15.9 Å². The minimum atomic E-state index is -1.26. The van der Waals surface area contributed by atoms with Crippen LogP contribution in [0.4, 0.5) is 0 Å². The predicted octanol–water partition coefficient (Wildman–Crippen LogP) is 0.150. The van der Waals surface area contributed by atoms with E-state index in [9.17, 15) is 14.7 Å². The molecule has 7 nitrogen and oxygen atoms in total. The average Bonchev–Trinajstić information content (AvgIpc) is 2.86. The number of aliphatic hydroxyl groups excluding tert-OH is 1. The van der Waals surface area contributed by atoms with Gasteiger partial charge in [-0.05, 0) is 12.1 Å². The molecule has 0 bridgehead atoms. The fourth-order valence-corrected chi connectivity index (χ4v) is 2.29. The van der Waals surface area contributed by atoms with E-state index < -0.39 is 11.9 Å². The molecule has 1 aromatic rings. The van der Waals surface area contributed by atoms with Crippen molar-refractivity contribution < 1.29 is 24.9 Å². The molecule has 1 aliphatic heterocycles. The second kappa shape index (κ2) is 9.73. The minimum absolute atomic E-state index is 0.244. The van der Waals surface area contributed by atoms with Crippen molar-refractivity contribution in [2.45, 2.75) is 12.6 Å². The first-order chi connectivity index (χ1) is 10.9. The van der Waals surface area contributed by atoms with Crippen LogP contribution in [-0.4, -0.2) is 57.9 Å². The van der Waals surface area contributed by atoms with Crippen LogP contribution in [-0.2, 0) is 16.1 Å². The van der Waals surface area contributed by atoms with Crippen molar-refractivity contribution in [1.82, 2.24) is 4.90 Å². The number of nitrogens with two attached hydrogens (primary N) is 1. The number of benzene rings is 1. The number of carbonyl (C=O) groups is 2. The highest BCUT2D eigenvalue weighted by Gasteiger charge is 2.29. The van der Waals surface area contributed by atoms with Gasteiger partial charge in [-0.2, -0.15) is 0 Å². The summed E-state index contributed by atoms with van der Waals surface area (Å²) in [6.07, 6.45) is 0.865. The third-order valence-electron chi connectivity index (χ3n) is 3.40. The van der Waals surface area contributed by atoms with Gasteiger partial charge < -0.3 is 21.1 Å². The molecule has 2 rings (SSSR count). The molecule has 1 fully saturated rings. The molecule has 0 unspecified atom stereocenters. The monoisotopic (exact) mass is 322 g/mol. The zero-order valence-corrected chi connectivity index (χ0v) is 12.7. The Morgan fingerprint density at radius 2 is 1.70 bits per heavy atom. The van der Waals surface area contributed by atoms with Crippen LogP contribution in [0.15, 0.2) is 42.5 Å². The average molecular weight is 322 g/mol. The van der Waals surface area contributed by atoms with Gasteiger partial charge in [-0.3, -0.25) is 4.90 Å². The number of aliphatic carboxylic acids is 2. The Hall–Kier alpha value is -2.22. The molecule has 2 atom stereocenters. The Balaban J connectivity index is 0.000000284. The van der Waals surface area contributed by atoms with Crippen LogP contribution in [0.2, 0.25) is 0 Å². The topological polar surface area (TPSA) is 124 Å². The first-order valence-corrected chi connectivity index (χ1v) is 7.20. The molecule has 0 aromatic heterocycles. The van der Waals surface area contributed by atoms with Crippen molar-refractivity contribution >= 4 is 11.9 Å². The number of hydrogen-bond donors (Lipinski definition) is 4. The van der Waals surface area contributed by atoms with Gasteiger partial charge in [0, 0.05) is 37.7 Å². The smallest absolute Gasteiger partial charge is 0.328 e. The first-order valence-electron chi connectivity index (χ1n) is 7.20. The number of β-amino-alcohol motifs (C(OH)–C–C–N with tert-alkyl or cyclic N) is 1. The van der Waals surface area contributed by atoms with Gasteiger partial charge in [-0.15, -0.1) is 0 Å². The van der Waals surface area contributed by atoms with Crippen LogP contribution in [0.1, 0.15) is 5.56 Å². The Bertz CT molecular complexity index is 517. The van der Waals surface area contributed by atoms with Gasteiger partial charge >= 0.3 is 11.9 Å². The molecule has 0 amide bonds. The van der Waals surface area contributed by atoms with Gasteiger partial charge in [0.05, 0.1) is 6.10 Å². The van der Waals surface area contributed by atoms with Crippen molar-refractivity contribution in [3.8, 4) is 0 Å². The van der Waals surface area contributed by atoms with Gasteiger partial charge in [0.2, 0.25) is 0 Å². The van der Waals surface area contributed by atoms with Crippen LogP contribution < -0.4 is 5.73 Å². The predicted molar refractivity (Wildman–Crippen MR) is 84.7 cm³/mol. The summed E-state index contributed by atoms with van der Waals surface area (Å²) in [5, 5.41) is 25.3. The second-order valence-corrected chi connectivity index (χ2v) is 5.25. The molecule has 126 valence electrons. The fourth-order valence-electron chi connectivity index (χ4n) is 2.29. The lowest BCUT2D eigenvalue weighted by molar-refractivity contribution is -0.134. The number of rotatable bonds is 5. The summed E-state index contributed by atoms with van der Waals surface area (Å²) in [5.41, 5.74) is 6.89. The Kier molecular flexibility index (Phi) is 7.96. The Morgan fingerprint density at radius 1 is 1.13 bits per heavy atom. The van der Waals surface area contributed by atoms with Gasteiger partial charge in [0.25, 0.3) is 0 Å². The highest BCUT2D eigenvalue weighted by molar-refractivity contribution is 5.89.